The topological polar surface area (TPSA) is 78.3 Å². The van der Waals surface area contributed by atoms with Gasteiger partial charge in [0.05, 0.1) is 51.4 Å². The Balaban J connectivity index is 1.33. The lowest BCUT2D eigenvalue weighted by Crippen LogP contribution is -2.03. The van der Waals surface area contributed by atoms with Crippen LogP contribution in [0.3, 0.4) is 0 Å². The third-order valence-corrected chi connectivity index (χ3v) is 11.2. The zero-order chi connectivity index (χ0) is 40.6. The maximum absolute atomic E-state index is 10.2. The van der Waals surface area contributed by atoms with Crippen LogP contribution in [-0.2, 0) is 0 Å². The number of aromatic nitrogens is 3. The van der Waals surface area contributed by atoms with E-state index >= 15 is 0 Å². The van der Waals surface area contributed by atoms with E-state index in [9.17, 15) is 10.5 Å². The van der Waals surface area contributed by atoms with Gasteiger partial charge in [0.15, 0.2) is 5.82 Å². The van der Waals surface area contributed by atoms with Crippen LogP contribution < -0.4 is 0 Å². The number of nitrogens with zero attached hydrogens (tertiary/aromatic N) is 5. The summed E-state index contributed by atoms with van der Waals surface area (Å²) in [4.78, 5) is 10.5. The SMILES string of the molecule is Cc1ccccc1-c1ccc2c(c1)c1ccccc1n2-c1c(-c2cccc(C#N)c2)cc(-c2nc(-c3ccccc3)cc(-c3ccccc3)n2)cc1-c1cccc(C#N)c1. The molecule has 0 atom stereocenters. The van der Waals surface area contributed by atoms with Crippen LogP contribution in [0.15, 0.2) is 194 Å². The van der Waals surface area contributed by atoms with Crippen molar-refractivity contribution in [3.8, 4) is 85.1 Å². The molecule has 0 spiro atoms. The molecule has 60 heavy (non-hydrogen) atoms. The van der Waals surface area contributed by atoms with Crippen molar-refractivity contribution in [3.05, 3.63) is 211 Å². The van der Waals surface area contributed by atoms with Crippen molar-refractivity contribution < 1.29 is 0 Å². The van der Waals surface area contributed by atoms with Gasteiger partial charge in [-0.1, -0.05) is 133 Å². The number of benzene rings is 8. The summed E-state index contributed by atoms with van der Waals surface area (Å²) < 4.78 is 2.34. The third kappa shape index (κ3) is 6.47. The Morgan fingerprint density at radius 3 is 1.52 bits per heavy atom. The molecule has 0 unspecified atom stereocenters. The minimum Gasteiger partial charge on any atom is -0.308 e. The highest BCUT2D eigenvalue weighted by atomic mass is 15.0. The lowest BCUT2D eigenvalue weighted by atomic mass is 9.91. The summed E-state index contributed by atoms with van der Waals surface area (Å²) in [5, 5.41) is 22.6. The second-order valence-electron chi connectivity index (χ2n) is 14.9. The molecule has 2 aromatic heterocycles. The number of hydrogen-bond donors (Lipinski definition) is 0. The van der Waals surface area contributed by atoms with Gasteiger partial charge < -0.3 is 4.57 Å². The molecular formula is C55H35N5. The maximum atomic E-state index is 10.2. The first-order valence-electron chi connectivity index (χ1n) is 19.9. The van der Waals surface area contributed by atoms with Crippen molar-refractivity contribution in [2.75, 3.05) is 0 Å². The molecular weight excluding hydrogens is 731 g/mol. The fourth-order valence-electron chi connectivity index (χ4n) is 8.33. The Morgan fingerprint density at radius 2 is 0.917 bits per heavy atom. The molecule has 10 rings (SSSR count). The molecule has 0 N–H and O–H groups in total. The average molecular weight is 766 g/mol. The van der Waals surface area contributed by atoms with Crippen LogP contribution in [0.2, 0.25) is 0 Å². The van der Waals surface area contributed by atoms with Gasteiger partial charge in [-0.25, -0.2) is 9.97 Å². The Kier molecular flexibility index (Phi) is 9.10. The van der Waals surface area contributed by atoms with Gasteiger partial charge in [-0.2, -0.15) is 10.5 Å². The summed E-state index contributed by atoms with van der Waals surface area (Å²) in [5.74, 6) is 0.558. The Bertz CT molecular complexity index is 3210. The predicted molar refractivity (Wildman–Crippen MR) is 243 cm³/mol. The largest absolute Gasteiger partial charge is 0.308 e. The fraction of sp³-hybridized carbons (Fsp3) is 0.0182. The number of aryl methyl sites for hydroxylation is 1. The van der Waals surface area contributed by atoms with Crippen LogP contribution in [0.4, 0.5) is 0 Å². The molecule has 0 fully saturated rings. The predicted octanol–water partition coefficient (Wildman–Crippen LogP) is 13.6. The molecule has 0 saturated heterocycles. The molecule has 0 saturated carbocycles. The van der Waals surface area contributed by atoms with Crippen molar-refractivity contribution in [3.63, 3.8) is 0 Å². The van der Waals surface area contributed by atoms with E-state index in [4.69, 9.17) is 9.97 Å². The van der Waals surface area contributed by atoms with E-state index < -0.39 is 0 Å². The first-order chi connectivity index (χ1) is 29.6. The molecule has 5 heteroatoms. The smallest absolute Gasteiger partial charge is 0.160 e. The standard InChI is InChI=1S/C55H35N5/c1-36-14-8-9-23-45(36)43-26-27-53-49(30-43)46-24-10-11-25-52(46)60(53)54-47(41-21-12-15-37(28-41)34-56)31-44(32-48(54)42-22-13-16-38(29-42)35-57)55-58-50(39-17-4-2-5-18-39)33-51(59-55)40-19-6-3-7-20-40/h2-33H,1H3. The first-order valence-corrected chi connectivity index (χ1v) is 19.9. The van der Waals surface area contributed by atoms with Crippen molar-refractivity contribution in [1.29, 1.82) is 10.5 Å². The van der Waals surface area contributed by atoms with Crippen LogP contribution in [0.1, 0.15) is 16.7 Å². The van der Waals surface area contributed by atoms with Crippen molar-refractivity contribution in [1.82, 2.24) is 14.5 Å². The van der Waals surface area contributed by atoms with E-state index in [-0.39, 0.29) is 0 Å². The van der Waals surface area contributed by atoms with Crippen molar-refractivity contribution >= 4 is 21.8 Å². The molecule has 0 amide bonds. The highest BCUT2D eigenvalue weighted by Gasteiger charge is 2.24. The zero-order valence-corrected chi connectivity index (χ0v) is 32.7. The minimum atomic E-state index is 0.552. The summed E-state index contributed by atoms with van der Waals surface area (Å²) in [7, 11) is 0. The average Bonchev–Trinajstić information content (AvgIpc) is 3.65. The molecule has 0 aliphatic heterocycles. The number of rotatable bonds is 7. The molecule has 0 aliphatic rings. The van der Waals surface area contributed by atoms with Crippen LogP contribution in [-0.4, -0.2) is 14.5 Å². The summed E-state index contributed by atoms with van der Waals surface area (Å²) >= 11 is 0. The Morgan fingerprint density at radius 1 is 0.400 bits per heavy atom. The normalized spacial score (nSPS) is 11.1. The second kappa shape index (κ2) is 15.2. The van der Waals surface area contributed by atoms with Gasteiger partial charge in [0, 0.05) is 38.6 Å². The van der Waals surface area contributed by atoms with E-state index in [2.05, 4.69) is 139 Å². The molecule has 0 aliphatic carbocycles. The number of para-hydroxylation sites is 1. The van der Waals surface area contributed by atoms with Gasteiger partial charge in [-0.05, 0) is 95.4 Å². The van der Waals surface area contributed by atoms with Crippen LogP contribution in [0, 0.1) is 29.6 Å². The highest BCUT2D eigenvalue weighted by molar-refractivity contribution is 6.12. The molecule has 5 nitrogen and oxygen atoms in total. The number of hydrogen-bond acceptors (Lipinski definition) is 4. The summed E-state index contributed by atoms with van der Waals surface area (Å²) in [6.45, 7) is 2.15. The van der Waals surface area contributed by atoms with Gasteiger partial charge in [-0.15, -0.1) is 0 Å². The van der Waals surface area contributed by atoms with Crippen molar-refractivity contribution in [2.24, 2.45) is 0 Å². The van der Waals surface area contributed by atoms with Gasteiger partial charge >= 0.3 is 0 Å². The van der Waals surface area contributed by atoms with Crippen LogP contribution in [0.5, 0.6) is 0 Å². The lowest BCUT2D eigenvalue weighted by molar-refractivity contribution is 1.16. The van der Waals surface area contributed by atoms with E-state index in [1.54, 1.807) is 0 Å². The summed E-state index contributed by atoms with van der Waals surface area (Å²) in [5.41, 5.74) is 15.5. The minimum absolute atomic E-state index is 0.552. The highest BCUT2D eigenvalue weighted by Crippen LogP contribution is 2.45. The Labute approximate surface area is 348 Å². The second-order valence-corrected chi connectivity index (χ2v) is 14.9. The first kappa shape index (κ1) is 36.0. The third-order valence-electron chi connectivity index (χ3n) is 11.2. The fourth-order valence-corrected chi connectivity index (χ4v) is 8.33. The molecule has 8 aromatic carbocycles. The molecule has 2 heterocycles. The van der Waals surface area contributed by atoms with E-state index in [1.807, 2.05) is 78.9 Å². The van der Waals surface area contributed by atoms with Crippen molar-refractivity contribution in [2.45, 2.75) is 6.92 Å². The summed E-state index contributed by atoms with van der Waals surface area (Å²) in [6.07, 6.45) is 0. The van der Waals surface area contributed by atoms with Gasteiger partial charge in [0.1, 0.15) is 0 Å². The quantitative estimate of drug-likeness (QED) is 0.162. The van der Waals surface area contributed by atoms with Gasteiger partial charge in [0.2, 0.25) is 0 Å². The van der Waals surface area contributed by atoms with E-state index in [0.29, 0.717) is 17.0 Å². The monoisotopic (exact) mass is 765 g/mol. The molecule has 280 valence electrons. The number of nitriles is 2. The maximum Gasteiger partial charge on any atom is 0.160 e. The summed E-state index contributed by atoms with van der Waals surface area (Å²) in [6, 6.07) is 70.7. The molecule has 0 bridgehead atoms. The number of fused-ring (bicyclic) bond motifs is 3. The molecule has 10 aromatic rings. The zero-order valence-electron chi connectivity index (χ0n) is 32.7. The van der Waals surface area contributed by atoms with E-state index in [1.165, 1.54) is 11.1 Å². The van der Waals surface area contributed by atoms with Crippen LogP contribution >= 0.6 is 0 Å². The Hall–Kier alpha value is -8.38. The van der Waals surface area contributed by atoms with E-state index in [0.717, 1.165) is 83.4 Å². The van der Waals surface area contributed by atoms with Gasteiger partial charge in [-0.3, -0.25) is 0 Å². The molecule has 0 radical (unpaired) electrons. The van der Waals surface area contributed by atoms with Gasteiger partial charge in [0.25, 0.3) is 0 Å². The van der Waals surface area contributed by atoms with Crippen LogP contribution in [0.25, 0.3) is 94.8 Å². The lowest BCUT2D eigenvalue weighted by Gasteiger charge is -2.21.